The highest BCUT2D eigenvalue weighted by atomic mass is 16.6. The normalized spacial score (nSPS) is 11.8. The standard InChI is InChI=1S/C94H182N4O10/c1-9-15-21-27-33-42-56-70-90(101)105-84-64-50-36-47-61-79-97(78-60-46-35-44-58-72-92(103)107-86(66-52-38-29-23-17-11-3)67-53-39-30-24-18-12-4)82-76-95-88(99)73-74-89(100)96-77-83-98(80-62-48-37-51-65-85-106-91(102)71-57-43-34-28-22-16-10-2)81-63-49-45-59-75-94(7,8)93(104)108-87(68-54-40-31-25-19-13-5)69-55-41-32-26-20-14-6/h86-87H,9-85H2,1-8H3,(H,95,99)(H,96,100). The van der Waals surface area contributed by atoms with Gasteiger partial charge in [0.2, 0.25) is 11.8 Å². The van der Waals surface area contributed by atoms with Crippen molar-refractivity contribution in [2.45, 2.75) is 498 Å². The van der Waals surface area contributed by atoms with Crippen LogP contribution < -0.4 is 10.6 Å². The molecule has 0 saturated heterocycles. The number of hydrogen-bond acceptors (Lipinski definition) is 12. The molecule has 0 spiro atoms. The van der Waals surface area contributed by atoms with Crippen molar-refractivity contribution >= 4 is 35.7 Å². The number of ether oxygens (including phenoxy) is 4. The number of nitrogens with zero attached hydrogens (tertiary/aromatic N) is 2. The SMILES string of the molecule is CCCCCCCCCC(=O)OCCCCCCCN(CCCCCCCC(=O)OC(CCCCCCCC)CCCCCCCC)CCNC(=O)CCC(=O)NCCN(CCCCCCCOC(=O)CCCCCCCCC)CCCCCCC(C)(C)C(=O)OC(CCCCCCCC)CCCCCCCC. The molecule has 0 aliphatic carbocycles. The van der Waals surface area contributed by atoms with Gasteiger partial charge in [-0.15, -0.1) is 0 Å². The molecule has 0 rings (SSSR count). The van der Waals surface area contributed by atoms with Gasteiger partial charge in [0.25, 0.3) is 0 Å². The minimum absolute atomic E-state index is 0.0180. The van der Waals surface area contributed by atoms with Crippen LogP contribution in [0.15, 0.2) is 0 Å². The molecule has 2 N–H and O–H groups in total. The van der Waals surface area contributed by atoms with Gasteiger partial charge in [-0.3, -0.25) is 28.8 Å². The van der Waals surface area contributed by atoms with E-state index in [1.807, 2.05) is 0 Å². The van der Waals surface area contributed by atoms with Crippen molar-refractivity contribution in [2.75, 3.05) is 65.6 Å². The van der Waals surface area contributed by atoms with E-state index in [4.69, 9.17) is 18.9 Å². The molecule has 638 valence electrons. The van der Waals surface area contributed by atoms with Crippen molar-refractivity contribution in [1.82, 2.24) is 20.4 Å². The lowest BCUT2D eigenvalue weighted by molar-refractivity contribution is -0.161. The fourth-order valence-corrected chi connectivity index (χ4v) is 14.9. The third kappa shape index (κ3) is 74.2. The average Bonchev–Trinajstić information content (AvgIpc) is 0.873. The number of amides is 2. The molecular weight excluding hydrogens is 1350 g/mol. The van der Waals surface area contributed by atoms with Gasteiger partial charge in [-0.2, -0.15) is 0 Å². The Morgan fingerprint density at radius 3 is 0.833 bits per heavy atom. The zero-order valence-electron chi connectivity index (χ0n) is 73.1. The predicted octanol–water partition coefficient (Wildman–Crippen LogP) is 26.0. The van der Waals surface area contributed by atoms with E-state index < -0.39 is 5.41 Å². The summed E-state index contributed by atoms with van der Waals surface area (Å²) in [4.78, 5) is 83.1. The molecule has 0 aromatic heterocycles. The fraction of sp³-hybridized carbons (Fsp3) is 0.936. The number of nitrogens with one attached hydrogen (secondary N) is 2. The summed E-state index contributed by atoms with van der Waals surface area (Å²) < 4.78 is 23.6. The lowest BCUT2D eigenvalue weighted by Gasteiger charge is -2.27. The van der Waals surface area contributed by atoms with Gasteiger partial charge in [-0.25, -0.2) is 0 Å². The molecule has 14 nitrogen and oxygen atoms in total. The van der Waals surface area contributed by atoms with Crippen LogP contribution >= 0.6 is 0 Å². The maximum atomic E-state index is 13.8. The molecule has 0 aromatic carbocycles. The molecule has 0 aromatic rings. The molecule has 108 heavy (non-hydrogen) atoms. The largest absolute Gasteiger partial charge is 0.466 e. The molecule has 0 radical (unpaired) electrons. The third-order valence-corrected chi connectivity index (χ3v) is 22.3. The van der Waals surface area contributed by atoms with Crippen molar-refractivity contribution in [3.05, 3.63) is 0 Å². The first-order valence-electron chi connectivity index (χ1n) is 47.4. The molecule has 14 heteroatoms. The Labute approximate surface area is 669 Å². The molecule has 0 atom stereocenters. The van der Waals surface area contributed by atoms with Crippen LogP contribution in [0.2, 0.25) is 0 Å². The quantitative estimate of drug-likeness (QED) is 0.0336. The van der Waals surface area contributed by atoms with E-state index in [0.717, 1.165) is 245 Å². The van der Waals surface area contributed by atoms with Gasteiger partial charge in [-0.1, -0.05) is 324 Å². The summed E-state index contributed by atoms with van der Waals surface area (Å²) in [5.41, 5.74) is -0.511. The maximum absolute atomic E-state index is 13.8. The van der Waals surface area contributed by atoms with Crippen LogP contribution in [0.4, 0.5) is 0 Å². The molecule has 0 heterocycles. The average molecular weight is 1530 g/mol. The Balaban J connectivity index is 5.46. The molecular formula is C94H182N4O10. The van der Waals surface area contributed by atoms with E-state index in [9.17, 15) is 28.8 Å². The Morgan fingerprint density at radius 1 is 0.269 bits per heavy atom. The van der Waals surface area contributed by atoms with E-state index in [1.54, 1.807) is 0 Å². The van der Waals surface area contributed by atoms with Gasteiger partial charge in [0.05, 0.1) is 18.6 Å². The van der Waals surface area contributed by atoms with E-state index in [1.165, 1.54) is 193 Å². The fourth-order valence-electron chi connectivity index (χ4n) is 14.9. The van der Waals surface area contributed by atoms with Gasteiger partial charge in [0.15, 0.2) is 0 Å². The summed E-state index contributed by atoms with van der Waals surface area (Å²) >= 11 is 0. The summed E-state index contributed by atoms with van der Waals surface area (Å²) in [5.74, 6) is -0.350. The molecule has 0 bridgehead atoms. The molecule has 0 aliphatic heterocycles. The summed E-state index contributed by atoms with van der Waals surface area (Å²) in [6, 6.07) is 0. The Bertz CT molecular complexity index is 1960. The van der Waals surface area contributed by atoms with Crippen LogP contribution in [-0.2, 0) is 47.7 Å². The molecule has 0 aliphatic rings. The minimum Gasteiger partial charge on any atom is -0.466 e. The number of hydrogen-bond donors (Lipinski definition) is 2. The van der Waals surface area contributed by atoms with Gasteiger partial charge < -0.3 is 39.4 Å². The van der Waals surface area contributed by atoms with Crippen LogP contribution in [-0.4, -0.2) is 123 Å². The van der Waals surface area contributed by atoms with Gasteiger partial charge >= 0.3 is 23.9 Å². The third-order valence-electron chi connectivity index (χ3n) is 22.3. The summed E-state index contributed by atoms with van der Waals surface area (Å²) in [6.07, 6.45) is 73.2. The first-order valence-corrected chi connectivity index (χ1v) is 47.4. The van der Waals surface area contributed by atoms with E-state index in [2.05, 4.69) is 75.8 Å². The Morgan fingerprint density at radius 2 is 0.519 bits per heavy atom. The Hall–Kier alpha value is -3.26. The second-order valence-corrected chi connectivity index (χ2v) is 33.5. The summed E-state index contributed by atoms with van der Waals surface area (Å²) in [6.45, 7) is 25.1. The lowest BCUT2D eigenvalue weighted by atomic mass is 9.86. The Kier molecular flexibility index (Phi) is 79.3. The summed E-state index contributed by atoms with van der Waals surface area (Å²) in [7, 11) is 0. The van der Waals surface area contributed by atoms with Crippen LogP contribution in [0, 0.1) is 5.41 Å². The molecule has 2 amide bonds. The zero-order valence-corrected chi connectivity index (χ0v) is 73.1. The highest BCUT2D eigenvalue weighted by Gasteiger charge is 2.31. The predicted molar refractivity (Wildman–Crippen MR) is 458 cm³/mol. The maximum Gasteiger partial charge on any atom is 0.311 e. The van der Waals surface area contributed by atoms with Crippen LogP contribution in [0.25, 0.3) is 0 Å². The number of rotatable bonds is 87. The number of esters is 4. The van der Waals surface area contributed by atoms with E-state index in [0.29, 0.717) is 45.6 Å². The smallest absolute Gasteiger partial charge is 0.311 e. The zero-order chi connectivity index (χ0) is 79.0. The van der Waals surface area contributed by atoms with Crippen LogP contribution in [0.5, 0.6) is 0 Å². The van der Waals surface area contributed by atoms with Crippen LogP contribution in [0.3, 0.4) is 0 Å². The van der Waals surface area contributed by atoms with Crippen molar-refractivity contribution in [2.24, 2.45) is 5.41 Å². The molecule has 0 fully saturated rings. The number of carbonyl (C=O) groups is 6. The first-order chi connectivity index (χ1) is 52.7. The van der Waals surface area contributed by atoms with Gasteiger partial charge in [0, 0.05) is 58.3 Å². The van der Waals surface area contributed by atoms with Gasteiger partial charge in [-0.05, 0) is 156 Å². The van der Waals surface area contributed by atoms with Gasteiger partial charge in [0.1, 0.15) is 12.2 Å². The van der Waals surface area contributed by atoms with E-state index in [-0.39, 0.29) is 60.7 Å². The highest BCUT2D eigenvalue weighted by Crippen LogP contribution is 2.29. The monoisotopic (exact) mass is 1530 g/mol. The minimum atomic E-state index is -0.511. The molecule has 0 saturated carbocycles. The van der Waals surface area contributed by atoms with Crippen molar-refractivity contribution in [3.63, 3.8) is 0 Å². The van der Waals surface area contributed by atoms with Crippen LogP contribution in [0.1, 0.15) is 486 Å². The topological polar surface area (TPSA) is 170 Å². The molecule has 0 unspecified atom stereocenters. The second kappa shape index (κ2) is 81.7. The van der Waals surface area contributed by atoms with E-state index >= 15 is 0 Å². The number of carbonyl (C=O) groups excluding carboxylic acids is 6. The van der Waals surface area contributed by atoms with Crippen molar-refractivity contribution < 1.29 is 47.7 Å². The van der Waals surface area contributed by atoms with Crippen molar-refractivity contribution in [3.8, 4) is 0 Å². The first kappa shape index (κ1) is 105. The van der Waals surface area contributed by atoms with Crippen molar-refractivity contribution in [1.29, 1.82) is 0 Å². The highest BCUT2D eigenvalue weighted by molar-refractivity contribution is 5.83. The second-order valence-electron chi connectivity index (χ2n) is 33.5. The number of unbranched alkanes of at least 4 members (excludes halogenated alkanes) is 47. The summed E-state index contributed by atoms with van der Waals surface area (Å²) in [5, 5.41) is 6.28. The lowest BCUT2D eigenvalue weighted by Crippen LogP contribution is -2.37.